The first-order valence-electron chi connectivity index (χ1n) is 5.81. The molecule has 0 aliphatic rings. The Morgan fingerprint density at radius 3 is 2.26 bits per heavy atom. The summed E-state index contributed by atoms with van der Waals surface area (Å²) < 4.78 is 5.87. The van der Waals surface area contributed by atoms with Gasteiger partial charge in [-0.05, 0) is 49.2 Å². The van der Waals surface area contributed by atoms with Gasteiger partial charge in [0.15, 0.2) is 0 Å². The van der Waals surface area contributed by atoms with Crippen molar-refractivity contribution in [3.8, 4) is 11.5 Å². The highest BCUT2D eigenvalue weighted by Gasteiger charge is 2.10. The Bertz CT molecular complexity index is 585. The van der Waals surface area contributed by atoms with E-state index in [1.807, 2.05) is 38.1 Å². The molecule has 0 radical (unpaired) electrons. The first-order valence-corrected chi connectivity index (χ1v) is 7.10. The molecule has 0 aliphatic carbocycles. The van der Waals surface area contributed by atoms with Crippen molar-refractivity contribution in [2.24, 2.45) is 0 Å². The van der Waals surface area contributed by atoms with E-state index >= 15 is 0 Å². The monoisotopic (exact) mass is 314 g/mol. The molecule has 0 saturated heterocycles. The van der Waals surface area contributed by atoms with E-state index < -0.39 is 0 Å². The van der Waals surface area contributed by atoms with E-state index in [4.69, 9.17) is 39.5 Å². The van der Waals surface area contributed by atoms with Gasteiger partial charge in [0, 0.05) is 15.6 Å². The van der Waals surface area contributed by atoms with E-state index in [0.717, 1.165) is 27.5 Å². The zero-order valence-corrected chi connectivity index (χ0v) is 12.9. The van der Waals surface area contributed by atoms with Crippen molar-refractivity contribution >= 4 is 34.8 Å². The van der Waals surface area contributed by atoms with Gasteiger partial charge >= 0.3 is 0 Å². The van der Waals surface area contributed by atoms with Gasteiger partial charge in [0.25, 0.3) is 0 Å². The minimum absolute atomic E-state index is 0.306. The SMILES string of the molecule is Cc1cc(Oc2cccc(Cl)c2CCl)cc(C)c1Cl. The average Bonchev–Trinajstić information content (AvgIpc) is 2.36. The molecule has 0 bridgehead atoms. The lowest BCUT2D eigenvalue weighted by molar-refractivity contribution is 0.477. The maximum absolute atomic E-state index is 6.14. The predicted molar refractivity (Wildman–Crippen MR) is 82.0 cm³/mol. The number of hydrogen-bond acceptors (Lipinski definition) is 1. The predicted octanol–water partition coefficient (Wildman–Crippen LogP) is 6.14. The number of alkyl halides is 1. The lowest BCUT2D eigenvalue weighted by Crippen LogP contribution is -1.92. The first-order chi connectivity index (χ1) is 9.02. The summed E-state index contributed by atoms with van der Waals surface area (Å²) in [5.41, 5.74) is 2.74. The van der Waals surface area contributed by atoms with Gasteiger partial charge in [0.05, 0.1) is 5.88 Å². The molecule has 0 atom stereocenters. The van der Waals surface area contributed by atoms with Gasteiger partial charge in [-0.1, -0.05) is 29.3 Å². The van der Waals surface area contributed by atoms with E-state index in [-0.39, 0.29) is 0 Å². The van der Waals surface area contributed by atoms with Crippen LogP contribution in [-0.4, -0.2) is 0 Å². The molecule has 4 heteroatoms. The third-order valence-electron chi connectivity index (χ3n) is 2.85. The number of rotatable bonds is 3. The van der Waals surface area contributed by atoms with Gasteiger partial charge in [0.2, 0.25) is 0 Å². The van der Waals surface area contributed by atoms with Crippen LogP contribution in [0.15, 0.2) is 30.3 Å². The maximum Gasteiger partial charge on any atom is 0.133 e. The average molecular weight is 316 g/mol. The summed E-state index contributed by atoms with van der Waals surface area (Å²) in [5, 5.41) is 1.37. The van der Waals surface area contributed by atoms with Crippen molar-refractivity contribution in [1.82, 2.24) is 0 Å². The Hall–Kier alpha value is -0.890. The molecule has 2 aromatic rings. The summed E-state index contributed by atoms with van der Waals surface area (Å²) in [4.78, 5) is 0. The second kappa shape index (κ2) is 6.04. The van der Waals surface area contributed by atoms with E-state index in [1.165, 1.54) is 0 Å². The van der Waals surface area contributed by atoms with Crippen LogP contribution in [0.25, 0.3) is 0 Å². The molecule has 2 rings (SSSR count). The maximum atomic E-state index is 6.14. The highest BCUT2D eigenvalue weighted by Crippen LogP contribution is 2.34. The van der Waals surface area contributed by atoms with Crippen molar-refractivity contribution < 1.29 is 4.74 Å². The molecule has 0 N–H and O–H groups in total. The summed E-state index contributed by atoms with van der Waals surface area (Å²) in [6, 6.07) is 9.28. The molecule has 0 unspecified atom stereocenters. The number of benzene rings is 2. The van der Waals surface area contributed by atoms with Crippen LogP contribution in [0.3, 0.4) is 0 Å². The Morgan fingerprint density at radius 2 is 1.68 bits per heavy atom. The zero-order chi connectivity index (χ0) is 14.0. The standard InChI is InChI=1S/C15H13Cl3O/c1-9-6-11(7-10(2)15(9)18)19-14-5-3-4-13(17)12(14)8-16/h3-7H,8H2,1-2H3. The number of hydrogen-bond donors (Lipinski definition) is 0. The van der Waals surface area contributed by atoms with Crippen molar-refractivity contribution in [1.29, 1.82) is 0 Å². The van der Waals surface area contributed by atoms with Gasteiger partial charge in [-0.15, -0.1) is 11.6 Å². The van der Waals surface area contributed by atoms with Gasteiger partial charge in [-0.2, -0.15) is 0 Å². The van der Waals surface area contributed by atoms with Crippen molar-refractivity contribution in [3.05, 3.63) is 57.1 Å². The van der Waals surface area contributed by atoms with E-state index in [0.29, 0.717) is 16.7 Å². The number of halogens is 3. The van der Waals surface area contributed by atoms with E-state index in [9.17, 15) is 0 Å². The Morgan fingerprint density at radius 1 is 1.05 bits per heavy atom. The van der Waals surface area contributed by atoms with E-state index in [2.05, 4.69) is 0 Å². The number of ether oxygens (including phenoxy) is 1. The summed E-state index contributed by atoms with van der Waals surface area (Å²) >= 11 is 18.1. The fourth-order valence-electron chi connectivity index (χ4n) is 1.86. The molecular formula is C15H13Cl3O. The van der Waals surface area contributed by atoms with E-state index in [1.54, 1.807) is 6.07 Å². The molecule has 100 valence electrons. The summed E-state index contributed by atoms with van der Waals surface area (Å²) in [6.45, 7) is 3.89. The Kier molecular flexibility index (Phi) is 4.62. The third kappa shape index (κ3) is 3.17. The zero-order valence-electron chi connectivity index (χ0n) is 10.6. The summed E-state index contributed by atoms with van der Waals surface area (Å²) in [6.07, 6.45) is 0. The quantitative estimate of drug-likeness (QED) is 0.618. The lowest BCUT2D eigenvalue weighted by atomic mass is 10.1. The molecule has 1 nitrogen and oxygen atoms in total. The Balaban J connectivity index is 2.39. The molecule has 0 heterocycles. The van der Waals surface area contributed by atoms with Gasteiger partial charge in [-0.25, -0.2) is 0 Å². The molecule has 2 aromatic carbocycles. The normalized spacial score (nSPS) is 10.6. The number of aryl methyl sites for hydroxylation is 2. The van der Waals surface area contributed by atoms with Crippen LogP contribution >= 0.6 is 34.8 Å². The van der Waals surface area contributed by atoms with Gasteiger partial charge in [-0.3, -0.25) is 0 Å². The van der Waals surface area contributed by atoms with Gasteiger partial charge in [0.1, 0.15) is 11.5 Å². The second-order valence-electron chi connectivity index (χ2n) is 4.32. The Labute approximate surface area is 128 Å². The third-order valence-corrected chi connectivity index (χ3v) is 4.06. The molecule has 19 heavy (non-hydrogen) atoms. The van der Waals surface area contributed by atoms with Crippen molar-refractivity contribution in [2.45, 2.75) is 19.7 Å². The van der Waals surface area contributed by atoms with Crippen molar-refractivity contribution in [2.75, 3.05) is 0 Å². The first kappa shape index (κ1) is 14.5. The summed E-state index contributed by atoms with van der Waals surface area (Å²) in [5.74, 6) is 1.71. The smallest absolute Gasteiger partial charge is 0.133 e. The fraction of sp³-hybridized carbons (Fsp3) is 0.200. The minimum atomic E-state index is 0.306. The van der Waals surface area contributed by atoms with Crippen LogP contribution in [0.2, 0.25) is 10.0 Å². The lowest BCUT2D eigenvalue weighted by Gasteiger charge is -2.13. The minimum Gasteiger partial charge on any atom is -0.457 e. The topological polar surface area (TPSA) is 9.23 Å². The van der Waals surface area contributed by atoms with Crippen molar-refractivity contribution in [3.63, 3.8) is 0 Å². The largest absolute Gasteiger partial charge is 0.457 e. The fourth-order valence-corrected chi connectivity index (χ4v) is 2.54. The molecular weight excluding hydrogens is 303 g/mol. The molecule has 0 aliphatic heterocycles. The molecule has 0 saturated carbocycles. The summed E-state index contributed by atoms with van der Waals surface area (Å²) in [7, 11) is 0. The van der Waals surface area contributed by atoms with Crippen LogP contribution in [0, 0.1) is 13.8 Å². The van der Waals surface area contributed by atoms with Gasteiger partial charge < -0.3 is 4.74 Å². The second-order valence-corrected chi connectivity index (χ2v) is 5.38. The highest BCUT2D eigenvalue weighted by atomic mass is 35.5. The van der Waals surface area contributed by atoms with Crippen LogP contribution in [-0.2, 0) is 5.88 Å². The molecule has 0 aromatic heterocycles. The molecule has 0 spiro atoms. The molecule has 0 amide bonds. The van der Waals surface area contributed by atoms with Crippen LogP contribution in [0.4, 0.5) is 0 Å². The van der Waals surface area contributed by atoms with Crippen LogP contribution in [0.1, 0.15) is 16.7 Å². The highest BCUT2D eigenvalue weighted by molar-refractivity contribution is 6.32. The molecule has 0 fully saturated rings. The van der Waals surface area contributed by atoms with Crippen LogP contribution in [0.5, 0.6) is 11.5 Å². The van der Waals surface area contributed by atoms with Crippen LogP contribution < -0.4 is 4.74 Å².